The van der Waals surface area contributed by atoms with Crippen LogP contribution in [0.15, 0.2) is 12.1 Å². The number of esters is 1. The summed E-state index contributed by atoms with van der Waals surface area (Å²) in [4.78, 5) is 14.2. The third-order valence-electron chi connectivity index (χ3n) is 3.57. The van der Waals surface area contributed by atoms with Crippen molar-refractivity contribution in [2.24, 2.45) is 0 Å². The van der Waals surface area contributed by atoms with Crippen molar-refractivity contribution < 1.29 is 9.53 Å². The molecule has 0 saturated heterocycles. The predicted molar refractivity (Wildman–Crippen MR) is 92.9 cm³/mol. The Hall–Kier alpha value is -1.09. The van der Waals surface area contributed by atoms with E-state index in [1.165, 1.54) is 16.5 Å². The van der Waals surface area contributed by atoms with Gasteiger partial charge in [0.05, 0.1) is 12.0 Å². The third-order valence-corrected chi connectivity index (χ3v) is 6.85. The number of carbonyl (C=O) groups excluding carboxylic acids is 1. The van der Waals surface area contributed by atoms with Gasteiger partial charge in [-0.2, -0.15) is 0 Å². The van der Waals surface area contributed by atoms with Gasteiger partial charge in [0.1, 0.15) is 13.5 Å². The molecule has 0 amide bonds. The maximum absolute atomic E-state index is 11.9. The summed E-state index contributed by atoms with van der Waals surface area (Å²) < 4.78 is 7.44. The minimum absolute atomic E-state index is 0.0878. The van der Waals surface area contributed by atoms with Crippen LogP contribution in [0.5, 0.6) is 0 Å². The largest absolute Gasteiger partial charge is 0.468 e. The van der Waals surface area contributed by atoms with Crippen molar-refractivity contribution in [3.05, 3.63) is 21.9 Å². The second kappa shape index (κ2) is 4.98. The first kappa shape index (κ1) is 14.8. The Morgan fingerprint density at radius 1 is 1.24 bits per heavy atom. The molecule has 1 saturated carbocycles. The zero-order chi connectivity index (χ0) is 15.3. The smallest absolute Gasteiger partial charge is 0.317 e. The zero-order valence-electron chi connectivity index (χ0n) is 12.7. The van der Waals surface area contributed by atoms with E-state index in [1.807, 2.05) is 0 Å². The summed E-state index contributed by atoms with van der Waals surface area (Å²) in [6.45, 7) is 6.75. The Balaban J connectivity index is 1.92. The van der Waals surface area contributed by atoms with Crippen molar-refractivity contribution in [3.8, 4) is 11.5 Å². The number of rotatable bonds is 2. The highest BCUT2D eigenvalue weighted by Crippen LogP contribution is 2.53. The molecular formula is C16H18O2S2Si. The summed E-state index contributed by atoms with van der Waals surface area (Å²) in [6.07, 6.45) is 1.82. The Kier molecular flexibility index (Phi) is 3.51. The number of carbonyl (C=O) groups is 1. The predicted octanol–water partition coefficient (Wildman–Crippen LogP) is 4.40. The van der Waals surface area contributed by atoms with Crippen LogP contribution in [0.3, 0.4) is 0 Å². The lowest BCUT2D eigenvalue weighted by molar-refractivity contribution is -0.143. The highest BCUT2D eigenvalue weighted by Gasteiger charge is 2.53. The lowest BCUT2D eigenvalue weighted by atomic mass is 10.1. The van der Waals surface area contributed by atoms with Crippen molar-refractivity contribution in [2.75, 3.05) is 7.11 Å². The van der Waals surface area contributed by atoms with Crippen LogP contribution < -0.4 is 0 Å². The summed E-state index contributed by atoms with van der Waals surface area (Å²) in [5.41, 5.74) is 3.06. The molecule has 0 unspecified atom stereocenters. The molecule has 3 rings (SSSR count). The molecule has 1 aliphatic carbocycles. The molecule has 0 aromatic carbocycles. The van der Waals surface area contributed by atoms with E-state index >= 15 is 0 Å². The quantitative estimate of drug-likeness (QED) is 0.462. The van der Waals surface area contributed by atoms with Crippen LogP contribution >= 0.6 is 22.7 Å². The van der Waals surface area contributed by atoms with Crippen LogP contribution in [0.1, 0.15) is 22.6 Å². The van der Waals surface area contributed by atoms with Crippen LogP contribution in [-0.2, 0) is 14.9 Å². The van der Waals surface area contributed by atoms with E-state index in [1.54, 1.807) is 22.7 Å². The highest BCUT2D eigenvalue weighted by molar-refractivity contribution is 7.28. The number of hydrogen-bond donors (Lipinski definition) is 0. The first-order valence-electron chi connectivity index (χ1n) is 6.99. The lowest BCUT2D eigenvalue weighted by Crippen LogP contribution is -2.20. The van der Waals surface area contributed by atoms with Crippen molar-refractivity contribution >= 4 is 46.1 Å². The molecule has 2 heterocycles. The number of thiophene rings is 2. The van der Waals surface area contributed by atoms with Gasteiger partial charge in [-0.3, -0.25) is 4.79 Å². The summed E-state index contributed by atoms with van der Waals surface area (Å²) in [5.74, 6) is 3.23. The average Bonchev–Trinajstić information content (AvgIpc) is 2.98. The maximum Gasteiger partial charge on any atom is 0.317 e. The fraction of sp³-hybridized carbons (Fsp3) is 0.438. The van der Waals surface area contributed by atoms with Crippen molar-refractivity contribution in [1.82, 2.24) is 0 Å². The Morgan fingerprint density at radius 2 is 1.90 bits per heavy atom. The fourth-order valence-corrected chi connectivity index (χ4v) is 5.34. The van der Waals surface area contributed by atoms with Crippen LogP contribution in [-0.4, -0.2) is 21.2 Å². The lowest BCUT2D eigenvalue weighted by Gasteiger charge is -2.09. The van der Waals surface area contributed by atoms with Gasteiger partial charge in [0.15, 0.2) is 0 Å². The molecule has 2 aromatic rings. The summed E-state index contributed by atoms with van der Waals surface area (Å²) >= 11 is 3.45. The summed E-state index contributed by atoms with van der Waals surface area (Å²) in [7, 11) is 0.143. The molecule has 1 fully saturated rings. The Labute approximate surface area is 134 Å². The molecule has 110 valence electrons. The molecule has 0 spiro atoms. The Morgan fingerprint density at radius 3 is 2.43 bits per heavy atom. The number of ether oxygens (including phenoxy) is 1. The van der Waals surface area contributed by atoms with E-state index < -0.39 is 8.07 Å². The summed E-state index contributed by atoms with van der Waals surface area (Å²) in [5, 5.41) is 0. The van der Waals surface area contributed by atoms with Gasteiger partial charge in [-0.15, -0.1) is 28.2 Å². The van der Waals surface area contributed by atoms with Crippen molar-refractivity contribution in [2.45, 2.75) is 37.9 Å². The minimum atomic E-state index is -1.33. The highest BCUT2D eigenvalue weighted by atomic mass is 32.1. The van der Waals surface area contributed by atoms with E-state index in [2.05, 4.69) is 43.2 Å². The van der Waals surface area contributed by atoms with Crippen LogP contribution in [0, 0.1) is 11.5 Å². The second-order valence-corrected chi connectivity index (χ2v) is 13.4. The molecule has 0 N–H and O–H groups in total. The van der Waals surface area contributed by atoms with Crippen LogP contribution in [0.25, 0.3) is 9.40 Å². The molecule has 0 radical (unpaired) electrons. The van der Waals surface area contributed by atoms with Crippen molar-refractivity contribution in [1.29, 1.82) is 0 Å². The van der Waals surface area contributed by atoms with Gasteiger partial charge in [-0.1, -0.05) is 25.6 Å². The van der Waals surface area contributed by atoms with Gasteiger partial charge in [0.2, 0.25) is 0 Å². The van der Waals surface area contributed by atoms with E-state index in [4.69, 9.17) is 4.74 Å². The molecule has 0 atom stereocenters. The second-order valence-electron chi connectivity index (χ2n) is 6.52. The van der Waals surface area contributed by atoms with E-state index in [0.29, 0.717) is 0 Å². The van der Waals surface area contributed by atoms with Crippen molar-refractivity contribution in [3.63, 3.8) is 0 Å². The van der Waals surface area contributed by atoms with E-state index in [9.17, 15) is 4.79 Å². The first-order valence-corrected chi connectivity index (χ1v) is 12.1. The zero-order valence-corrected chi connectivity index (χ0v) is 15.3. The summed E-state index contributed by atoms with van der Waals surface area (Å²) in [6, 6.07) is 4.32. The molecule has 21 heavy (non-hydrogen) atoms. The van der Waals surface area contributed by atoms with Gasteiger partial charge >= 0.3 is 5.97 Å². The normalized spacial score (nSPS) is 16.4. The standard InChI is InChI=1S/C16H18O2S2Si/c1-18-15(17)16(6-7-16)14-10-13-12(20-14)9-11(19-13)5-8-21(2,3)4/h9-10H,6-7H2,1-4H3. The molecule has 0 aliphatic heterocycles. The van der Waals surface area contributed by atoms with Gasteiger partial charge in [-0.05, 0) is 25.0 Å². The molecule has 2 nitrogen and oxygen atoms in total. The Bertz CT molecular complexity index is 732. The van der Waals surface area contributed by atoms with Gasteiger partial charge in [-0.25, -0.2) is 0 Å². The van der Waals surface area contributed by atoms with Crippen LogP contribution in [0.2, 0.25) is 19.6 Å². The van der Waals surface area contributed by atoms with Crippen LogP contribution in [0.4, 0.5) is 0 Å². The molecular weight excluding hydrogens is 316 g/mol. The fourth-order valence-electron chi connectivity index (χ4n) is 2.25. The van der Waals surface area contributed by atoms with Gasteiger partial charge < -0.3 is 4.74 Å². The topological polar surface area (TPSA) is 26.3 Å². The van der Waals surface area contributed by atoms with E-state index in [0.717, 1.165) is 22.6 Å². The number of fused-ring (bicyclic) bond motifs is 1. The first-order chi connectivity index (χ1) is 9.84. The minimum Gasteiger partial charge on any atom is -0.468 e. The number of methoxy groups -OCH3 is 1. The SMILES string of the molecule is COC(=O)C1(c2cc3sc(C#C[Si](C)(C)C)cc3s2)CC1. The molecule has 5 heteroatoms. The molecule has 2 aromatic heterocycles. The van der Waals surface area contributed by atoms with Gasteiger partial charge in [0.25, 0.3) is 0 Å². The molecule has 1 aliphatic rings. The number of hydrogen-bond acceptors (Lipinski definition) is 4. The monoisotopic (exact) mass is 334 g/mol. The van der Waals surface area contributed by atoms with Gasteiger partial charge in [0, 0.05) is 14.3 Å². The molecule has 0 bridgehead atoms. The average molecular weight is 335 g/mol. The maximum atomic E-state index is 11.9. The third kappa shape index (κ3) is 2.80. The van der Waals surface area contributed by atoms with E-state index in [-0.39, 0.29) is 11.4 Å².